The van der Waals surface area contributed by atoms with Crippen molar-refractivity contribution in [3.8, 4) is 17.6 Å². The molecule has 0 spiro atoms. The van der Waals surface area contributed by atoms with E-state index in [-0.39, 0.29) is 12.5 Å². The molecule has 0 fully saturated rings. The molecule has 0 atom stereocenters. The number of nitrogens with one attached hydrogen (secondary N) is 1. The smallest absolute Gasteiger partial charge is 0.262 e. The van der Waals surface area contributed by atoms with Crippen molar-refractivity contribution in [1.82, 2.24) is 0 Å². The molecule has 0 heterocycles. The van der Waals surface area contributed by atoms with Crippen LogP contribution in [-0.2, 0) is 4.79 Å². The van der Waals surface area contributed by atoms with Gasteiger partial charge in [-0.1, -0.05) is 47.5 Å². The van der Waals surface area contributed by atoms with Gasteiger partial charge in [0, 0.05) is 10.7 Å². The van der Waals surface area contributed by atoms with Gasteiger partial charge >= 0.3 is 0 Å². The maximum atomic E-state index is 12.3. The van der Waals surface area contributed by atoms with Crippen molar-refractivity contribution in [2.24, 2.45) is 0 Å². The molecule has 0 aliphatic heterocycles. The molecular weight excluding hydrogens is 504 g/mol. The van der Waals surface area contributed by atoms with E-state index in [2.05, 4.69) is 27.3 Å². The SMILES string of the molecule is COc1cc(/C=C(\C#N)c2ccc(C)cc2)cc(Br)c1OCC(=O)Nc1ccc(C)c(Cl)c1. The Morgan fingerprint density at radius 2 is 1.88 bits per heavy atom. The minimum atomic E-state index is -0.334. The molecule has 0 saturated heterocycles. The van der Waals surface area contributed by atoms with Gasteiger partial charge in [-0.25, -0.2) is 0 Å². The standard InChI is InChI=1S/C26H22BrClN2O3/c1-16-4-7-19(8-5-16)20(14-29)10-18-11-22(27)26(24(12-18)32-3)33-15-25(31)30-21-9-6-17(2)23(28)13-21/h4-13H,15H2,1-3H3,(H,30,31)/b20-10+. The highest BCUT2D eigenvalue weighted by Crippen LogP contribution is 2.37. The molecule has 1 amide bonds. The van der Waals surface area contributed by atoms with Crippen LogP contribution < -0.4 is 14.8 Å². The highest BCUT2D eigenvalue weighted by Gasteiger charge is 2.14. The van der Waals surface area contributed by atoms with Crippen molar-refractivity contribution in [3.63, 3.8) is 0 Å². The van der Waals surface area contributed by atoms with Gasteiger partial charge in [0.05, 0.1) is 23.2 Å². The predicted octanol–water partition coefficient (Wildman–Crippen LogP) is 6.81. The summed E-state index contributed by atoms with van der Waals surface area (Å²) in [5.74, 6) is 0.488. The quantitative estimate of drug-likeness (QED) is 0.272. The van der Waals surface area contributed by atoms with Crippen LogP contribution in [0.25, 0.3) is 11.6 Å². The number of hydrogen-bond acceptors (Lipinski definition) is 4. The molecule has 0 aliphatic carbocycles. The molecule has 1 N–H and O–H groups in total. The van der Waals surface area contributed by atoms with Gasteiger partial charge in [-0.05, 0) is 76.8 Å². The van der Waals surface area contributed by atoms with E-state index in [1.54, 1.807) is 30.3 Å². The summed E-state index contributed by atoms with van der Waals surface area (Å²) in [4.78, 5) is 12.3. The molecule has 0 radical (unpaired) electrons. The summed E-state index contributed by atoms with van der Waals surface area (Å²) in [6, 6.07) is 18.8. The van der Waals surface area contributed by atoms with Gasteiger partial charge in [-0.15, -0.1) is 0 Å². The number of nitriles is 1. The number of hydrogen-bond donors (Lipinski definition) is 1. The number of nitrogens with zero attached hydrogens (tertiary/aromatic N) is 1. The Morgan fingerprint density at radius 1 is 1.15 bits per heavy atom. The number of allylic oxidation sites excluding steroid dienone is 1. The molecule has 33 heavy (non-hydrogen) atoms. The van der Waals surface area contributed by atoms with Crippen LogP contribution in [0.3, 0.4) is 0 Å². The summed E-state index contributed by atoms with van der Waals surface area (Å²) in [6.07, 6.45) is 1.77. The molecule has 168 valence electrons. The highest BCUT2D eigenvalue weighted by atomic mass is 79.9. The van der Waals surface area contributed by atoms with Crippen LogP contribution in [-0.4, -0.2) is 19.6 Å². The van der Waals surface area contributed by atoms with Gasteiger partial charge in [0.25, 0.3) is 5.91 Å². The fourth-order valence-electron chi connectivity index (χ4n) is 3.05. The van der Waals surface area contributed by atoms with E-state index in [0.717, 1.165) is 22.3 Å². The van der Waals surface area contributed by atoms with E-state index in [1.807, 2.05) is 44.2 Å². The normalized spacial score (nSPS) is 11.0. The van der Waals surface area contributed by atoms with E-state index in [4.69, 9.17) is 21.1 Å². The zero-order chi connectivity index (χ0) is 24.0. The highest BCUT2D eigenvalue weighted by molar-refractivity contribution is 9.10. The second-order valence-electron chi connectivity index (χ2n) is 7.37. The Balaban J connectivity index is 1.77. The maximum Gasteiger partial charge on any atom is 0.262 e. The molecule has 0 bridgehead atoms. The number of anilines is 1. The van der Waals surface area contributed by atoms with E-state index in [1.165, 1.54) is 7.11 Å². The molecule has 3 rings (SSSR count). The van der Waals surface area contributed by atoms with E-state index < -0.39 is 0 Å². The average molecular weight is 526 g/mol. The lowest BCUT2D eigenvalue weighted by Crippen LogP contribution is -2.20. The number of methoxy groups -OCH3 is 1. The van der Waals surface area contributed by atoms with Crippen LogP contribution in [0.2, 0.25) is 5.02 Å². The molecule has 0 unspecified atom stereocenters. The van der Waals surface area contributed by atoms with Crippen molar-refractivity contribution in [1.29, 1.82) is 5.26 Å². The lowest BCUT2D eigenvalue weighted by molar-refractivity contribution is -0.118. The lowest BCUT2D eigenvalue weighted by atomic mass is 10.0. The second-order valence-corrected chi connectivity index (χ2v) is 8.63. The molecule has 3 aromatic rings. The monoisotopic (exact) mass is 524 g/mol. The number of carbonyl (C=O) groups excluding carboxylic acids is 1. The van der Waals surface area contributed by atoms with Crippen LogP contribution in [0.4, 0.5) is 5.69 Å². The Labute approximate surface area is 206 Å². The molecule has 5 nitrogen and oxygen atoms in total. The van der Waals surface area contributed by atoms with Crippen LogP contribution in [0.15, 0.2) is 59.1 Å². The number of amides is 1. The minimum absolute atomic E-state index is 0.220. The van der Waals surface area contributed by atoms with Gasteiger partial charge in [0.2, 0.25) is 0 Å². The Bertz CT molecular complexity index is 1250. The third-order valence-corrected chi connectivity index (χ3v) is 5.85. The molecule has 3 aromatic carbocycles. The largest absolute Gasteiger partial charge is 0.493 e. The van der Waals surface area contributed by atoms with Gasteiger partial charge in [-0.3, -0.25) is 4.79 Å². The third kappa shape index (κ3) is 6.38. The Morgan fingerprint density at radius 3 is 2.52 bits per heavy atom. The average Bonchev–Trinajstić information content (AvgIpc) is 2.79. The molecular formula is C26H22BrClN2O3. The number of rotatable bonds is 7. The second kappa shape index (κ2) is 11.0. The molecule has 0 saturated carbocycles. The van der Waals surface area contributed by atoms with E-state index in [9.17, 15) is 10.1 Å². The molecule has 0 aromatic heterocycles. The molecule has 0 aliphatic rings. The lowest BCUT2D eigenvalue weighted by Gasteiger charge is -2.14. The predicted molar refractivity (Wildman–Crippen MR) is 136 cm³/mol. The first-order chi connectivity index (χ1) is 15.8. The van der Waals surface area contributed by atoms with Gasteiger partial charge in [0.15, 0.2) is 18.1 Å². The summed E-state index contributed by atoms with van der Waals surface area (Å²) in [7, 11) is 1.52. The van der Waals surface area contributed by atoms with Gasteiger partial charge in [-0.2, -0.15) is 5.26 Å². The van der Waals surface area contributed by atoms with Gasteiger partial charge < -0.3 is 14.8 Å². The van der Waals surface area contributed by atoms with E-state index in [0.29, 0.717) is 32.3 Å². The van der Waals surface area contributed by atoms with Crippen molar-refractivity contribution < 1.29 is 14.3 Å². The maximum absolute atomic E-state index is 12.3. The summed E-state index contributed by atoms with van der Waals surface area (Å²) in [5, 5.41) is 12.9. The van der Waals surface area contributed by atoms with Crippen LogP contribution in [0.5, 0.6) is 11.5 Å². The zero-order valence-corrected chi connectivity index (χ0v) is 20.8. The number of aryl methyl sites for hydroxylation is 2. The van der Waals surface area contributed by atoms with E-state index >= 15 is 0 Å². The number of halogens is 2. The fraction of sp³-hybridized carbons (Fsp3) is 0.154. The summed E-state index contributed by atoms with van der Waals surface area (Å²) < 4.78 is 11.8. The summed E-state index contributed by atoms with van der Waals surface area (Å²) in [6.45, 7) is 3.67. The number of benzene rings is 3. The van der Waals surface area contributed by atoms with Crippen molar-refractivity contribution in [2.45, 2.75) is 13.8 Å². The number of carbonyl (C=O) groups is 1. The first kappa shape index (κ1) is 24.4. The van der Waals surface area contributed by atoms with Crippen molar-refractivity contribution in [2.75, 3.05) is 19.0 Å². The summed E-state index contributed by atoms with van der Waals surface area (Å²) >= 11 is 9.59. The summed E-state index contributed by atoms with van der Waals surface area (Å²) in [5.41, 5.74) is 4.74. The van der Waals surface area contributed by atoms with Crippen LogP contribution in [0.1, 0.15) is 22.3 Å². The van der Waals surface area contributed by atoms with Gasteiger partial charge in [0.1, 0.15) is 0 Å². The van der Waals surface area contributed by atoms with Crippen molar-refractivity contribution >= 4 is 50.8 Å². The Hall–Kier alpha value is -3.27. The van der Waals surface area contributed by atoms with Crippen LogP contribution in [0, 0.1) is 25.2 Å². The Kier molecular flexibility index (Phi) is 8.16. The number of ether oxygens (including phenoxy) is 2. The fourth-order valence-corrected chi connectivity index (χ4v) is 3.80. The van der Waals surface area contributed by atoms with Crippen molar-refractivity contribution in [3.05, 3.63) is 86.3 Å². The third-order valence-electron chi connectivity index (χ3n) is 4.85. The van der Waals surface area contributed by atoms with Crippen LogP contribution >= 0.6 is 27.5 Å². The molecule has 7 heteroatoms. The zero-order valence-electron chi connectivity index (χ0n) is 18.4. The topological polar surface area (TPSA) is 71.3 Å². The first-order valence-corrected chi connectivity index (χ1v) is 11.2. The minimum Gasteiger partial charge on any atom is -0.493 e. The first-order valence-electron chi connectivity index (χ1n) is 10.1.